The summed E-state index contributed by atoms with van der Waals surface area (Å²) in [6, 6.07) is 17.1. The normalized spacial score (nSPS) is 11.4. The molecule has 0 bridgehead atoms. The molecule has 3 heterocycles. The third-order valence-corrected chi connectivity index (χ3v) is 6.40. The van der Waals surface area contributed by atoms with E-state index in [4.69, 9.17) is 9.47 Å². The van der Waals surface area contributed by atoms with Crippen molar-refractivity contribution in [1.29, 1.82) is 0 Å². The molecule has 5 rings (SSSR count). The molecule has 0 fully saturated rings. The van der Waals surface area contributed by atoms with E-state index < -0.39 is 0 Å². The monoisotopic (exact) mass is 476 g/mol. The third-order valence-electron chi connectivity index (χ3n) is 5.51. The van der Waals surface area contributed by atoms with Crippen LogP contribution in [0.25, 0.3) is 16.0 Å². The first-order valence-electron chi connectivity index (χ1n) is 11.1. The van der Waals surface area contributed by atoms with Gasteiger partial charge < -0.3 is 9.47 Å². The van der Waals surface area contributed by atoms with Crippen molar-refractivity contribution in [3.8, 4) is 11.5 Å². The zero-order chi connectivity index (χ0) is 23.7. The Kier molecular flexibility index (Phi) is 5.93. The van der Waals surface area contributed by atoms with Crippen molar-refractivity contribution in [2.24, 2.45) is 0 Å². The molecular formula is C25H24N4O4S. The smallest absolute Gasteiger partial charge is 0.352 e. The fourth-order valence-corrected chi connectivity index (χ4v) is 4.84. The molecule has 174 valence electrons. The first kappa shape index (κ1) is 22.0. The molecule has 0 saturated heterocycles. The number of hydrogen-bond acceptors (Lipinski definition) is 6. The molecule has 0 N–H and O–H groups in total. The Morgan fingerprint density at radius 3 is 2.41 bits per heavy atom. The Labute approximate surface area is 199 Å². The minimum atomic E-state index is -0.280. The molecule has 8 nitrogen and oxygen atoms in total. The molecular weight excluding hydrogens is 452 g/mol. The van der Waals surface area contributed by atoms with E-state index in [0.717, 1.165) is 11.1 Å². The maximum absolute atomic E-state index is 13.4. The molecule has 0 unspecified atom stereocenters. The van der Waals surface area contributed by atoms with Gasteiger partial charge in [0.2, 0.25) is 5.78 Å². The van der Waals surface area contributed by atoms with Gasteiger partial charge in [0.15, 0.2) is 11.5 Å². The molecule has 0 radical (unpaired) electrons. The standard InChI is InChI=1S/C25H24N4O4S/c1-3-32-20-11-10-18(14-21(20)33-4-2)15-27-23(30)22-19(12-13-34-22)29-24(27)26-28(25(29)31)16-17-8-6-5-7-9-17/h5-14H,3-4,15-16H2,1-2H3. The zero-order valence-electron chi connectivity index (χ0n) is 18.9. The van der Waals surface area contributed by atoms with Crippen LogP contribution >= 0.6 is 11.3 Å². The highest BCUT2D eigenvalue weighted by atomic mass is 32.1. The summed E-state index contributed by atoms with van der Waals surface area (Å²) in [6.07, 6.45) is 0. The van der Waals surface area contributed by atoms with E-state index >= 15 is 0 Å². The molecule has 5 aromatic rings. The Hall–Kier alpha value is -3.85. The second kappa shape index (κ2) is 9.18. The molecule has 9 heteroatoms. The topological polar surface area (TPSA) is 79.8 Å². The van der Waals surface area contributed by atoms with Crippen molar-refractivity contribution in [2.75, 3.05) is 13.2 Å². The second-order valence-corrected chi connectivity index (χ2v) is 8.65. The Balaban J connectivity index is 1.65. The van der Waals surface area contributed by atoms with Gasteiger partial charge in [-0.05, 0) is 48.6 Å². The summed E-state index contributed by atoms with van der Waals surface area (Å²) < 4.78 is 16.4. The lowest BCUT2D eigenvalue weighted by atomic mass is 10.2. The van der Waals surface area contributed by atoms with Gasteiger partial charge in [-0.2, -0.15) is 0 Å². The highest BCUT2D eigenvalue weighted by Gasteiger charge is 2.19. The number of aromatic nitrogens is 4. The van der Waals surface area contributed by atoms with Gasteiger partial charge in [-0.3, -0.25) is 9.36 Å². The summed E-state index contributed by atoms with van der Waals surface area (Å²) in [7, 11) is 0. The van der Waals surface area contributed by atoms with Crippen molar-refractivity contribution in [2.45, 2.75) is 26.9 Å². The first-order chi connectivity index (χ1) is 16.6. The van der Waals surface area contributed by atoms with Crippen LogP contribution in [0.4, 0.5) is 0 Å². The lowest BCUT2D eigenvalue weighted by Gasteiger charge is -2.13. The number of nitrogens with zero attached hydrogens (tertiary/aromatic N) is 4. The summed E-state index contributed by atoms with van der Waals surface area (Å²) in [5.74, 6) is 1.58. The van der Waals surface area contributed by atoms with E-state index in [-0.39, 0.29) is 17.8 Å². The molecule has 2 aromatic carbocycles. The van der Waals surface area contributed by atoms with Gasteiger partial charge in [0.25, 0.3) is 5.56 Å². The van der Waals surface area contributed by atoms with Crippen LogP contribution in [0.1, 0.15) is 25.0 Å². The largest absolute Gasteiger partial charge is 0.490 e. The highest BCUT2D eigenvalue weighted by Crippen LogP contribution is 2.29. The summed E-state index contributed by atoms with van der Waals surface area (Å²) in [4.78, 5) is 26.8. The van der Waals surface area contributed by atoms with E-state index in [2.05, 4.69) is 5.10 Å². The van der Waals surface area contributed by atoms with Crippen molar-refractivity contribution in [3.05, 3.63) is 91.9 Å². The molecule has 3 aromatic heterocycles. The average molecular weight is 477 g/mol. The third kappa shape index (κ3) is 3.88. The molecule has 0 saturated carbocycles. The van der Waals surface area contributed by atoms with E-state index in [0.29, 0.717) is 47.3 Å². The van der Waals surface area contributed by atoms with Gasteiger partial charge in [-0.1, -0.05) is 36.4 Å². The van der Waals surface area contributed by atoms with Gasteiger partial charge in [0.05, 0.1) is 31.8 Å². The molecule has 0 spiro atoms. The number of rotatable bonds is 8. The SMILES string of the molecule is CCOc1ccc(Cn2c(=O)c3sccc3n3c(=O)n(Cc4ccccc4)nc23)cc1OCC. The number of thiophene rings is 1. The van der Waals surface area contributed by atoms with Crippen molar-refractivity contribution < 1.29 is 9.47 Å². The lowest BCUT2D eigenvalue weighted by Crippen LogP contribution is -2.26. The quantitative estimate of drug-likeness (QED) is 0.341. The predicted molar refractivity (Wildman–Crippen MR) is 133 cm³/mol. The summed E-state index contributed by atoms with van der Waals surface area (Å²) >= 11 is 1.32. The van der Waals surface area contributed by atoms with Gasteiger partial charge in [0.1, 0.15) is 4.70 Å². The second-order valence-electron chi connectivity index (χ2n) is 7.73. The molecule has 0 amide bonds. The average Bonchev–Trinajstić information content (AvgIpc) is 3.44. The van der Waals surface area contributed by atoms with Gasteiger partial charge in [-0.25, -0.2) is 13.9 Å². The Morgan fingerprint density at radius 2 is 1.65 bits per heavy atom. The van der Waals surface area contributed by atoms with Crippen LogP contribution in [0, 0.1) is 0 Å². The molecule has 0 aliphatic carbocycles. The summed E-state index contributed by atoms with van der Waals surface area (Å²) in [5.41, 5.74) is 1.92. The van der Waals surface area contributed by atoms with E-state index in [1.165, 1.54) is 20.4 Å². The Morgan fingerprint density at radius 1 is 0.882 bits per heavy atom. The van der Waals surface area contributed by atoms with Crippen LogP contribution in [0.3, 0.4) is 0 Å². The molecule has 0 aliphatic rings. The molecule has 0 atom stereocenters. The summed E-state index contributed by atoms with van der Waals surface area (Å²) in [6.45, 7) is 5.40. The van der Waals surface area contributed by atoms with Crippen LogP contribution in [0.15, 0.2) is 69.6 Å². The number of fused-ring (bicyclic) bond motifs is 3. The summed E-state index contributed by atoms with van der Waals surface area (Å²) in [5, 5.41) is 6.40. The van der Waals surface area contributed by atoms with Crippen molar-refractivity contribution in [1.82, 2.24) is 18.7 Å². The number of hydrogen-bond donors (Lipinski definition) is 0. The fraction of sp³-hybridized carbons (Fsp3) is 0.240. The van der Waals surface area contributed by atoms with Gasteiger partial charge >= 0.3 is 5.69 Å². The highest BCUT2D eigenvalue weighted by molar-refractivity contribution is 7.17. The van der Waals surface area contributed by atoms with Crippen LogP contribution in [0.2, 0.25) is 0 Å². The first-order valence-corrected chi connectivity index (χ1v) is 12.0. The zero-order valence-corrected chi connectivity index (χ0v) is 19.7. The lowest BCUT2D eigenvalue weighted by molar-refractivity contribution is 0.287. The number of benzene rings is 2. The van der Waals surface area contributed by atoms with Gasteiger partial charge in [-0.15, -0.1) is 16.4 Å². The number of ether oxygens (including phenoxy) is 2. The molecule has 34 heavy (non-hydrogen) atoms. The van der Waals surface area contributed by atoms with E-state index in [1.54, 1.807) is 10.6 Å². The van der Waals surface area contributed by atoms with Crippen LogP contribution in [0.5, 0.6) is 11.5 Å². The van der Waals surface area contributed by atoms with Crippen molar-refractivity contribution >= 4 is 27.3 Å². The van der Waals surface area contributed by atoms with Gasteiger partial charge in [0, 0.05) is 0 Å². The van der Waals surface area contributed by atoms with E-state index in [1.807, 2.05) is 67.8 Å². The van der Waals surface area contributed by atoms with Crippen LogP contribution < -0.4 is 20.7 Å². The van der Waals surface area contributed by atoms with Crippen LogP contribution in [-0.2, 0) is 13.1 Å². The fourth-order valence-electron chi connectivity index (χ4n) is 4.01. The Bertz CT molecular complexity index is 1580. The minimum Gasteiger partial charge on any atom is -0.490 e. The van der Waals surface area contributed by atoms with Crippen LogP contribution in [-0.4, -0.2) is 32.0 Å². The van der Waals surface area contributed by atoms with Crippen molar-refractivity contribution in [3.63, 3.8) is 0 Å². The van der Waals surface area contributed by atoms with E-state index in [9.17, 15) is 9.59 Å². The molecule has 0 aliphatic heterocycles. The maximum Gasteiger partial charge on any atom is 0.352 e. The predicted octanol–water partition coefficient (Wildman–Crippen LogP) is 3.77. The minimum absolute atomic E-state index is 0.179. The maximum atomic E-state index is 13.4.